The Hall–Kier alpha value is -1.68. The molecule has 4 heteroatoms. The number of halogens is 1. The van der Waals surface area contributed by atoms with Crippen LogP contribution < -0.4 is 0 Å². The summed E-state index contributed by atoms with van der Waals surface area (Å²) in [6.45, 7) is 6.20. The van der Waals surface area contributed by atoms with Gasteiger partial charge in [-0.25, -0.2) is 12.8 Å². The van der Waals surface area contributed by atoms with Crippen LogP contribution in [0.3, 0.4) is 0 Å². The number of hydrogen-bond acceptors (Lipinski definition) is 2. The zero-order chi connectivity index (χ0) is 22.2. The summed E-state index contributed by atoms with van der Waals surface area (Å²) in [5, 5.41) is 0. The molecule has 30 heavy (non-hydrogen) atoms. The minimum absolute atomic E-state index is 0.0793. The Kier molecular flexibility index (Phi) is 13.3. The van der Waals surface area contributed by atoms with Crippen molar-refractivity contribution in [2.24, 2.45) is 5.92 Å². The maximum absolute atomic E-state index is 12.8. The summed E-state index contributed by atoms with van der Waals surface area (Å²) < 4.78 is 35.6. The molecule has 0 spiro atoms. The van der Waals surface area contributed by atoms with Crippen LogP contribution in [0.4, 0.5) is 4.39 Å². The topological polar surface area (TPSA) is 34.1 Å². The van der Waals surface area contributed by atoms with Crippen molar-refractivity contribution in [2.75, 3.05) is 5.75 Å². The SMILES string of the molecule is CCCC1CCCC1.CCCS(=O)(=O)c1ccccc1.CCCc1ccccc1F. The van der Waals surface area contributed by atoms with Gasteiger partial charge in [0.05, 0.1) is 10.6 Å². The van der Waals surface area contributed by atoms with E-state index in [0.717, 1.165) is 24.3 Å². The Morgan fingerprint density at radius 1 is 0.833 bits per heavy atom. The molecule has 2 nitrogen and oxygen atoms in total. The van der Waals surface area contributed by atoms with E-state index in [4.69, 9.17) is 0 Å². The third kappa shape index (κ3) is 10.4. The maximum Gasteiger partial charge on any atom is 0.178 e. The molecule has 0 atom stereocenters. The van der Waals surface area contributed by atoms with Crippen LogP contribution >= 0.6 is 0 Å². The van der Waals surface area contributed by atoms with Crippen molar-refractivity contribution in [1.29, 1.82) is 0 Å². The number of benzene rings is 2. The van der Waals surface area contributed by atoms with Gasteiger partial charge in [0, 0.05) is 0 Å². The highest BCUT2D eigenvalue weighted by atomic mass is 32.2. The first-order chi connectivity index (χ1) is 14.4. The molecule has 0 aliphatic heterocycles. The van der Waals surface area contributed by atoms with Crippen molar-refractivity contribution in [3.63, 3.8) is 0 Å². The van der Waals surface area contributed by atoms with Crippen molar-refractivity contribution in [3.05, 3.63) is 66.0 Å². The van der Waals surface area contributed by atoms with Crippen LogP contribution in [-0.4, -0.2) is 14.2 Å². The lowest BCUT2D eigenvalue weighted by molar-refractivity contribution is 0.496. The molecule has 1 saturated carbocycles. The van der Waals surface area contributed by atoms with Crippen LogP contribution in [0, 0.1) is 11.7 Å². The lowest BCUT2D eigenvalue weighted by atomic mass is 10.0. The molecule has 0 radical (unpaired) electrons. The molecule has 0 saturated heterocycles. The largest absolute Gasteiger partial charge is 0.224 e. The first-order valence-electron chi connectivity index (χ1n) is 11.5. The van der Waals surface area contributed by atoms with Gasteiger partial charge < -0.3 is 0 Å². The van der Waals surface area contributed by atoms with Crippen LogP contribution in [-0.2, 0) is 16.3 Å². The van der Waals surface area contributed by atoms with Crippen molar-refractivity contribution in [2.45, 2.75) is 83.5 Å². The molecule has 2 aromatic carbocycles. The lowest BCUT2D eigenvalue weighted by Gasteiger charge is -2.03. The third-order valence-corrected chi connectivity index (χ3v) is 7.16. The van der Waals surface area contributed by atoms with E-state index in [1.165, 1.54) is 44.6 Å². The minimum Gasteiger partial charge on any atom is -0.224 e. The van der Waals surface area contributed by atoms with E-state index in [2.05, 4.69) is 6.92 Å². The van der Waals surface area contributed by atoms with Gasteiger partial charge in [0.2, 0.25) is 0 Å². The quantitative estimate of drug-likeness (QED) is 0.449. The van der Waals surface area contributed by atoms with Crippen LogP contribution in [0.15, 0.2) is 59.5 Å². The summed E-state index contributed by atoms with van der Waals surface area (Å²) >= 11 is 0. The molecule has 3 rings (SSSR count). The zero-order valence-corrected chi connectivity index (χ0v) is 19.8. The highest BCUT2D eigenvalue weighted by molar-refractivity contribution is 7.91. The van der Waals surface area contributed by atoms with Crippen LogP contribution in [0.1, 0.15) is 77.7 Å². The molecule has 0 bridgehead atoms. The standard InChI is InChI=1S/C9H11F.C9H12O2S.C8H16/c1-2-5-8-6-3-4-7-9(8)10;1-2-8-12(10,11)9-6-4-3-5-7-9;1-2-5-8-6-3-4-7-8/h3-4,6-7H,2,5H2,1H3;3-7H,2,8H2,1H3;8H,2-7H2,1H3. The van der Waals surface area contributed by atoms with Gasteiger partial charge in [0.1, 0.15) is 5.82 Å². The highest BCUT2D eigenvalue weighted by Crippen LogP contribution is 2.28. The van der Waals surface area contributed by atoms with Gasteiger partial charge >= 0.3 is 0 Å². The van der Waals surface area contributed by atoms with Gasteiger partial charge in [-0.2, -0.15) is 0 Å². The Bertz CT molecular complexity index is 782. The zero-order valence-electron chi connectivity index (χ0n) is 18.9. The molecule has 0 heterocycles. The molecule has 1 aliphatic rings. The van der Waals surface area contributed by atoms with E-state index in [1.807, 2.05) is 32.0 Å². The number of sulfone groups is 1. The van der Waals surface area contributed by atoms with Gasteiger partial charge in [-0.3, -0.25) is 0 Å². The molecular formula is C26H39FO2S. The molecule has 2 aromatic rings. The number of aryl methyl sites for hydroxylation is 1. The lowest BCUT2D eigenvalue weighted by Crippen LogP contribution is -2.05. The summed E-state index contributed by atoms with van der Waals surface area (Å²) in [5.74, 6) is 1.26. The summed E-state index contributed by atoms with van der Waals surface area (Å²) in [7, 11) is -3.01. The monoisotopic (exact) mass is 434 g/mol. The number of hydrogen-bond donors (Lipinski definition) is 0. The summed E-state index contributed by atoms with van der Waals surface area (Å²) in [5.41, 5.74) is 0.824. The van der Waals surface area contributed by atoms with Crippen molar-refractivity contribution in [3.8, 4) is 0 Å². The first kappa shape index (κ1) is 26.4. The Labute approximate surface area is 183 Å². The van der Waals surface area contributed by atoms with E-state index in [1.54, 1.807) is 30.3 Å². The molecule has 1 fully saturated rings. The van der Waals surface area contributed by atoms with E-state index >= 15 is 0 Å². The first-order valence-corrected chi connectivity index (χ1v) is 13.1. The third-order valence-electron chi connectivity index (χ3n) is 5.22. The average molecular weight is 435 g/mol. The van der Waals surface area contributed by atoms with Gasteiger partial charge in [0.15, 0.2) is 9.84 Å². The van der Waals surface area contributed by atoms with E-state index in [9.17, 15) is 12.8 Å². The van der Waals surface area contributed by atoms with Crippen LogP contribution in [0.5, 0.6) is 0 Å². The summed E-state index contributed by atoms with van der Waals surface area (Å²) in [6.07, 6.45) is 11.4. The molecule has 0 N–H and O–H groups in total. The molecule has 0 unspecified atom stereocenters. The predicted molar refractivity (Wildman–Crippen MR) is 126 cm³/mol. The van der Waals surface area contributed by atoms with Gasteiger partial charge in [-0.15, -0.1) is 0 Å². The van der Waals surface area contributed by atoms with Crippen molar-refractivity contribution in [1.82, 2.24) is 0 Å². The molecule has 168 valence electrons. The summed E-state index contributed by atoms with van der Waals surface area (Å²) in [6, 6.07) is 15.5. The Morgan fingerprint density at radius 3 is 1.97 bits per heavy atom. The Balaban J connectivity index is 0.000000230. The average Bonchev–Trinajstić information content (AvgIpc) is 3.25. The second-order valence-electron chi connectivity index (χ2n) is 7.91. The normalized spacial score (nSPS) is 13.7. The van der Waals surface area contributed by atoms with Crippen molar-refractivity contribution >= 4 is 9.84 Å². The second-order valence-corrected chi connectivity index (χ2v) is 10.0. The molecule has 0 amide bonds. The fourth-order valence-corrected chi connectivity index (χ4v) is 5.04. The second kappa shape index (κ2) is 15.2. The van der Waals surface area contributed by atoms with E-state index in [-0.39, 0.29) is 11.6 Å². The summed E-state index contributed by atoms with van der Waals surface area (Å²) in [4.78, 5) is 0.423. The van der Waals surface area contributed by atoms with Gasteiger partial charge in [0.25, 0.3) is 0 Å². The predicted octanol–water partition coefficient (Wildman–Crippen LogP) is 7.63. The molecule has 1 aliphatic carbocycles. The van der Waals surface area contributed by atoms with Gasteiger partial charge in [-0.05, 0) is 42.5 Å². The smallest absolute Gasteiger partial charge is 0.178 e. The highest BCUT2D eigenvalue weighted by Gasteiger charge is 2.12. The fourth-order valence-electron chi connectivity index (χ4n) is 3.69. The van der Waals surface area contributed by atoms with Gasteiger partial charge in [-0.1, -0.05) is 102 Å². The van der Waals surface area contributed by atoms with Crippen LogP contribution in [0.25, 0.3) is 0 Å². The molecule has 0 aromatic heterocycles. The van der Waals surface area contributed by atoms with E-state index in [0.29, 0.717) is 11.3 Å². The fraction of sp³-hybridized carbons (Fsp3) is 0.538. The Morgan fingerprint density at radius 2 is 1.43 bits per heavy atom. The number of rotatable bonds is 7. The van der Waals surface area contributed by atoms with Crippen LogP contribution in [0.2, 0.25) is 0 Å². The molecular weight excluding hydrogens is 395 g/mol. The van der Waals surface area contributed by atoms with Crippen molar-refractivity contribution < 1.29 is 12.8 Å². The van der Waals surface area contributed by atoms with E-state index < -0.39 is 9.84 Å². The maximum atomic E-state index is 12.8. The minimum atomic E-state index is -3.01.